The number of rotatable bonds is 4. The number of hydrogen-bond donors (Lipinski definition) is 1. The van der Waals surface area contributed by atoms with Crippen molar-refractivity contribution in [2.45, 2.75) is 36.5 Å². The number of hydrogen-bond acceptors (Lipinski definition) is 5. The molecule has 2 heterocycles. The van der Waals surface area contributed by atoms with E-state index in [9.17, 15) is 13.6 Å². The van der Waals surface area contributed by atoms with E-state index in [-0.39, 0.29) is 0 Å². The monoisotopic (exact) mass is 391 g/mol. The van der Waals surface area contributed by atoms with E-state index in [0.29, 0.717) is 0 Å². The number of halogens is 2. The first-order valence-electron chi connectivity index (χ1n) is 8.21. The maximum Gasteiger partial charge on any atom is 0.237 e. The van der Waals surface area contributed by atoms with Gasteiger partial charge in [0.25, 0.3) is 0 Å². The van der Waals surface area contributed by atoms with E-state index < -0.39 is 28.5 Å². The molecule has 4 nitrogen and oxygen atoms in total. The van der Waals surface area contributed by atoms with Crippen LogP contribution in [0.1, 0.15) is 23.8 Å². The number of nitrogens with zero attached hydrogens (tertiary/aromatic N) is 2. The third-order valence-corrected chi connectivity index (χ3v) is 6.64. The molecule has 0 unspecified atom stereocenters. The Morgan fingerprint density at radius 1 is 1.27 bits per heavy atom. The Morgan fingerprint density at radius 2 is 2.04 bits per heavy atom. The molecular weight excluding hydrogens is 376 g/mol. The summed E-state index contributed by atoms with van der Waals surface area (Å²) in [7, 11) is 0. The number of aromatic nitrogens is 2. The second-order valence-electron chi connectivity index (χ2n) is 6.06. The average molecular weight is 391 g/mol. The molecule has 1 aliphatic carbocycles. The van der Waals surface area contributed by atoms with Crippen molar-refractivity contribution in [3.63, 3.8) is 0 Å². The summed E-state index contributed by atoms with van der Waals surface area (Å²) >= 11 is 2.96. The molecule has 134 valence electrons. The zero-order chi connectivity index (χ0) is 18.3. The number of anilines is 1. The maximum atomic E-state index is 13.7. The minimum Gasteiger partial charge on any atom is -0.320 e. The maximum absolute atomic E-state index is 13.7. The molecule has 0 radical (unpaired) electrons. The molecule has 2 aromatic heterocycles. The Balaban J connectivity index is 1.58. The second kappa shape index (κ2) is 6.92. The fraction of sp³-hybridized carbons (Fsp3) is 0.278. The normalized spacial score (nSPS) is 14.4. The van der Waals surface area contributed by atoms with Crippen molar-refractivity contribution in [2.75, 3.05) is 5.32 Å². The molecule has 0 saturated heterocycles. The number of amides is 1. The molecule has 0 fully saturated rings. The lowest BCUT2D eigenvalue weighted by molar-refractivity contribution is -0.115. The van der Waals surface area contributed by atoms with E-state index in [1.54, 1.807) is 18.3 Å². The summed E-state index contributed by atoms with van der Waals surface area (Å²) < 4.78 is 27.5. The largest absolute Gasteiger partial charge is 0.320 e. The van der Waals surface area contributed by atoms with E-state index in [0.717, 1.165) is 46.6 Å². The highest BCUT2D eigenvalue weighted by Crippen LogP contribution is 2.41. The predicted octanol–water partition coefficient (Wildman–Crippen LogP) is 4.58. The third-order valence-electron chi connectivity index (χ3n) is 4.34. The van der Waals surface area contributed by atoms with Crippen LogP contribution in [0, 0.1) is 11.6 Å². The molecule has 1 amide bonds. The topological polar surface area (TPSA) is 54.9 Å². The summed E-state index contributed by atoms with van der Waals surface area (Å²) in [5.74, 6) is -2.07. The number of nitrogens with one attached hydrogen (secondary N) is 1. The van der Waals surface area contributed by atoms with Crippen LogP contribution in [0.3, 0.4) is 0 Å². The lowest BCUT2D eigenvalue weighted by Crippen LogP contribution is -2.23. The van der Waals surface area contributed by atoms with Gasteiger partial charge in [-0.15, -0.1) is 11.3 Å². The highest BCUT2D eigenvalue weighted by Gasteiger charge is 2.24. The van der Waals surface area contributed by atoms with Crippen LogP contribution in [-0.2, 0) is 17.6 Å². The van der Waals surface area contributed by atoms with Crippen molar-refractivity contribution >= 4 is 44.9 Å². The van der Waals surface area contributed by atoms with Crippen LogP contribution in [0.4, 0.5) is 14.5 Å². The SMILES string of the molecule is C[C@@H](Sc1ncnc2sc3c(c12)CCC3)C(=O)Nc1c(F)cccc1F. The molecule has 0 spiro atoms. The summed E-state index contributed by atoms with van der Waals surface area (Å²) in [6.45, 7) is 1.69. The Morgan fingerprint density at radius 3 is 2.81 bits per heavy atom. The summed E-state index contributed by atoms with van der Waals surface area (Å²) in [4.78, 5) is 23.4. The van der Waals surface area contributed by atoms with Crippen LogP contribution in [0.15, 0.2) is 29.6 Å². The van der Waals surface area contributed by atoms with Gasteiger partial charge in [0.15, 0.2) is 0 Å². The first kappa shape index (κ1) is 17.4. The average Bonchev–Trinajstić information content (AvgIpc) is 3.19. The van der Waals surface area contributed by atoms with Crippen molar-refractivity contribution < 1.29 is 13.6 Å². The van der Waals surface area contributed by atoms with Crippen LogP contribution in [0.5, 0.6) is 0 Å². The molecular formula is C18H15F2N3OS2. The van der Waals surface area contributed by atoms with Gasteiger partial charge < -0.3 is 5.32 Å². The third kappa shape index (κ3) is 3.07. The molecule has 1 N–H and O–H groups in total. The van der Waals surface area contributed by atoms with Crippen molar-refractivity contribution in [1.29, 1.82) is 0 Å². The molecule has 4 rings (SSSR count). The molecule has 26 heavy (non-hydrogen) atoms. The number of thioether (sulfide) groups is 1. The Hall–Kier alpha value is -2.06. The van der Waals surface area contributed by atoms with E-state index in [1.807, 2.05) is 0 Å². The summed E-state index contributed by atoms with van der Waals surface area (Å²) in [5, 5.41) is 3.54. The standard InChI is InChI=1S/C18H15F2N3OS2/c1-9(16(24)23-15-11(19)5-3-6-12(15)20)25-17-14-10-4-2-7-13(10)26-18(14)22-8-21-17/h3,5-6,8-9H,2,4,7H2,1H3,(H,23,24)/t9-/m1/s1. The summed E-state index contributed by atoms with van der Waals surface area (Å²) in [6.07, 6.45) is 4.68. The van der Waals surface area contributed by atoms with Gasteiger partial charge in [-0.1, -0.05) is 17.8 Å². The number of carbonyl (C=O) groups excluding carboxylic acids is 1. The highest BCUT2D eigenvalue weighted by molar-refractivity contribution is 8.00. The first-order chi connectivity index (χ1) is 12.5. The molecule has 1 aliphatic rings. The summed E-state index contributed by atoms with van der Waals surface area (Å²) in [6, 6.07) is 3.48. The van der Waals surface area contributed by atoms with Crippen molar-refractivity contribution in [1.82, 2.24) is 9.97 Å². The van der Waals surface area contributed by atoms with Crippen LogP contribution in [0.2, 0.25) is 0 Å². The smallest absolute Gasteiger partial charge is 0.237 e. The summed E-state index contributed by atoms with van der Waals surface area (Å²) in [5.41, 5.74) is 0.857. The minimum absolute atomic E-state index is 0.422. The van der Waals surface area contributed by atoms with E-state index >= 15 is 0 Å². The number of para-hydroxylation sites is 1. The van der Waals surface area contributed by atoms with Crippen LogP contribution < -0.4 is 5.32 Å². The Bertz CT molecular complexity index is 985. The zero-order valence-electron chi connectivity index (χ0n) is 13.9. The fourth-order valence-electron chi connectivity index (χ4n) is 3.05. The van der Waals surface area contributed by atoms with Gasteiger partial charge in [-0.05, 0) is 43.9 Å². The van der Waals surface area contributed by atoms with Gasteiger partial charge >= 0.3 is 0 Å². The van der Waals surface area contributed by atoms with Gasteiger partial charge in [-0.25, -0.2) is 18.7 Å². The minimum atomic E-state index is -0.796. The van der Waals surface area contributed by atoms with Gasteiger partial charge in [0.1, 0.15) is 33.5 Å². The van der Waals surface area contributed by atoms with Crippen molar-refractivity contribution in [3.8, 4) is 0 Å². The lowest BCUT2D eigenvalue weighted by atomic mass is 10.2. The number of fused-ring (bicyclic) bond motifs is 3. The predicted molar refractivity (Wildman–Crippen MR) is 99.7 cm³/mol. The van der Waals surface area contributed by atoms with E-state index in [2.05, 4.69) is 15.3 Å². The molecule has 0 saturated carbocycles. The van der Waals surface area contributed by atoms with Gasteiger partial charge in [-0.2, -0.15) is 0 Å². The van der Waals surface area contributed by atoms with Crippen molar-refractivity contribution in [3.05, 3.63) is 46.6 Å². The number of benzene rings is 1. The van der Waals surface area contributed by atoms with Gasteiger partial charge in [-0.3, -0.25) is 4.79 Å². The lowest BCUT2D eigenvalue weighted by Gasteiger charge is -2.13. The number of aryl methyl sites for hydroxylation is 2. The first-order valence-corrected chi connectivity index (χ1v) is 9.91. The van der Waals surface area contributed by atoms with Crippen LogP contribution in [0.25, 0.3) is 10.2 Å². The molecule has 1 atom stereocenters. The van der Waals surface area contributed by atoms with Crippen LogP contribution in [-0.4, -0.2) is 21.1 Å². The van der Waals surface area contributed by atoms with Gasteiger partial charge in [0.05, 0.1) is 5.25 Å². The van der Waals surface area contributed by atoms with Crippen molar-refractivity contribution in [2.24, 2.45) is 0 Å². The Labute approximate surface area is 157 Å². The number of thiophene rings is 1. The molecule has 8 heteroatoms. The molecule has 3 aromatic rings. The van der Waals surface area contributed by atoms with Crippen LogP contribution >= 0.6 is 23.1 Å². The second-order valence-corrected chi connectivity index (χ2v) is 8.48. The van der Waals surface area contributed by atoms with E-state index in [1.165, 1.54) is 34.6 Å². The fourth-order valence-corrected chi connectivity index (χ4v) is 5.29. The Kier molecular flexibility index (Phi) is 4.62. The number of carbonyl (C=O) groups is 1. The quantitative estimate of drug-likeness (QED) is 0.523. The van der Waals surface area contributed by atoms with Gasteiger partial charge in [0, 0.05) is 10.3 Å². The van der Waals surface area contributed by atoms with Gasteiger partial charge in [0.2, 0.25) is 5.91 Å². The highest BCUT2D eigenvalue weighted by atomic mass is 32.2. The molecule has 1 aromatic carbocycles. The van der Waals surface area contributed by atoms with E-state index in [4.69, 9.17) is 0 Å². The molecule has 0 bridgehead atoms. The molecule has 0 aliphatic heterocycles. The zero-order valence-corrected chi connectivity index (χ0v) is 15.5.